The van der Waals surface area contributed by atoms with Crippen LogP contribution >= 0.6 is 11.8 Å². The molecule has 2 aromatic carbocycles. The van der Waals surface area contributed by atoms with Crippen molar-refractivity contribution in [2.24, 2.45) is 5.92 Å². The summed E-state index contributed by atoms with van der Waals surface area (Å²) in [6.07, 6.45) is 1.62. The number of aromatic nitrogens is 3. The molecule has 1 aromatic heterocycles. The van der Waals surface area contributed by atoms with Crippen LogP contribution in [0.3, 0.4) is 0 Å². The molecule has 7 nitrogen and oxygen atoms in total. The van der Waals surface area contributed by atoms with Crippen molar-refractivity contribution in [1.82, 2.24) is 19.7 Å². The van der Waals surface area contributed by atoms with E-state index >= 15 is 0 Å². The molecular weight excluding hydrogens is 443 g/mol. The van der Waals surface area contributed by atoms with Gasteiger partial charge in [0.05, 0.1) is 24.5 Å². The molecule has 0 saturated carbocycles. The minimum Gasteiger partial charge on any atom is -0.350 e. The number of carbonyl (C=O) groups excluding carboxylic acids is 1. The summed E-state index contributed by atoms with van der Waals surface area (Å²) < 4.78 is 27.6. The van der Waals surface area contributed by atoms with E-state index in [1.807, 2.05) is 35.2 Å². The Labute approximate surface area is 195 Å². The number of piperidine rings is 1. The lowest BCUT2D eigenvalue weighted by Gasteiger charge is -2.33. The van der Waals surface area contributed by atoms with Crippen LogP contribution in [0, 0.1) is 11.7 Å². The Bertz CT molecular complexity index is 1100. The molecule has 2 fully saturated rings. The fraction of sp³-hybridized carbons (Fsp3) is 0.375. The third kappa shape index (κ3) is 4.80. The van der Waals surface area contributed by atoms with Gasteiger partial charge < -0.3 is 14.4 Å². The number of nitrogens with zero attached hydrogens (tertiary/aromatic N) is 4. The zero-order valence-corrected chi connectivity index (χ0v) is 18.9. The second-order valence-electron chi connectivity index (χ2n) is 8.07. The number of para-hydroxylation sites is 1. The number of hydrogen-bond donors (Lipinski definition) is 0. The Morgan fingerprint density at radius 1 is 1.00 bits per heavy atom. The molecule has 3 aromatic rings. The number of benzene rings is 2. The van der Waals surface area contributed by atoms with Crippen molar-refractivity contribution in [2.75, 3.05) is 32.1 Å². The molecule has 9 heteroatoms. The average Bonchev–Trinajstić information content (AvgIpc) is 3.54. The molecule has 172 valence electrons. The molecule has 0 bridgehead atoms. The Hall–Kier alpha value is -2.75. The van der Waals surface area contributed by atoms with E-state index in [2.05, 4.69) is 10.2 Å². The highest BCUT2D eigenvalue weighted by atomic mass is 32.2. The van der Waals surface area contributed by atoms with E-state index in [0.29, 0.717) is 48.8 Å². The van der Waals surface area contributed by atoms with E-state index in [1.54, 1.807) is 22.8 Å². The van der Waals surface area contributed by atoms with Gasteiger partial charge in [0.15, 0.2) is 17.3 Å². The molecule has 33 heavy (non-hydrogen) atoms. The normalized spacial score (nSPS) is 17.5. The predicted octanol–water partition coefficient (Wildman–Crippen LogP) is 3.78. The number of amides is 1. The molecular formula is C24H25FN4O3S. The lowest BCUT2D eigenvalue weighted by atomic mass is 9.96. The fourth-order valence-corrected chi connectivity index (χ4v) is 5.13. The van der Waals surface area contributed by atoms with Crippen LogP contribution in [-0.4, -0.2) is 63.9 Å². The molecule has 5 rings (SSSR count). The number of halogens is 1. The SMILES string of the molecule is O=C(CSc1nnc(-c2ccccc2F)n1-c1ccccc1)N1CCC(C2OCCO2)CC1. The van der Waals surface area contributed by atoms with E-state index in [9.17, 15) is 9.18 Å². The van der Waals surface area contributed by atoms with E-state index in [1.165, 1.54) is 17.8 Å². The number of rotatable bonds is 6. The molecule has 0 spiro atoms. The first-order valence-electron chi connectivity index (χ1n) is 11.1. The monoisotopic (exact) mass is 468 g/mol. The van der Waals surface area contributed by atoms with Gasteiger partial charge in [-0.05, 0) is 37.1 Å². The van der Waals surface area contributed by atoms with Gasteiger partial charge in [-0.3, -0.25) is 9.36 Å². The lowest BCUT2D eigenvalue weighted by molar-refractivity contribution is -0.134. The number of carbonyl (C=O) groups is 1. The van der Waals surface area contributed by atoms with Gasteiger partial charge in [0.25, 0.3) is 0 Å². The molecule has 0 atom stereocenters. The van der Waals surface area contributed by atoms with Crippen molar-refractivity contribution in [3.05, 3.63) is 60.4 Å². The molecule has 0 radical (unpaired) electrons. The van der Waals surface area contributed by atoms with Gasteiger partial charge in [-0.1, -0.05) is 42.1 Å². The third-order valence-corrected chi connectivity index (χ3v) is 6.93. The van der Waals surface area contributed by atoms with Crippen LogP contribution in [0.1, 0.15) is 12.8 Å². The summed E-state index contributed by atoms with van der Waals surface area (Å²) in [6.45, 7) is 2.69. The van der Waals surface area contributed by atoms with Crippen LogP contribution < -0.4 is 0 Å². The fourth-order valence-electron chi connectivity index (χ4n) is 4.28. The summed E-state index contributed by atoms with van der Waals surface area (Å²) in [5, 5.41) is 9.12. The highest BCUT2D eigenvalue weighted by Crippen LogP contribution is 2.30. The maximum absolute atomic E-state index is 14.5. The van der Waals surface area contributed by atoms with Crippen molar-refractivity contribution in [3.8, 4) is 17.1 Å². The summed E-state index contributed by atoms with van der Waals surface area (Å²) in [6, 6.07) is 16.0. The van der Waals surface area contributed by atoms with Gasteiger partial charge in [0.2, 0.25) is 5.91 Å². The van der Waals surface area contributed by atoms with Crippen molar-refractivity contribution < 1.29 is 18.7 Å². The van der Waals surface area contributed by atoms with E-state index in [0.717, 1.165) is 18.5 Å². The maximum atomic E-state index is 14.5. The minimum absolute atomic E-state index is 0.0572. The van der Waals surface area contributed by atoms with Crippen molar-refractivity contribution in [2.45, 2.75) is 24.3 Å². The average molecular weight is 469 g/mol. The first-order valence-corrected chi connectivity index (χ1v) is 12.1. The Balaban J connectivity index is 1.30. The molecule has 2 aliphatic rings. The maximum Gasteiger partial charge on any atom is 0.233 e. The van der Waals surface area contributed by atoms with Crippen LogP contribution in [0.2, 0.25) is 0 Å². The van der Waals surface area contributed by atoms with Crippen molar-refractivity contribution >= 4 is 17.7 Å². The molecule has 0 aliphatic carbocycles. The van der Waals surface area contributed by atoms with Gasteiger partial charge in [0.1, 0.15) is 5.82 Å². The predicted molar refractivity (Wildman–Crippen MR) is 122 cm³/mol. The second-order valence-corrected chi connectivity index (χ2v) is 9.02. The van der Waals surface area contributed by atoms with Crippen LogP contribution in [-0.2, 0) is 14.3 Å². The lowest BCUT2D eigenvalue weighted by Crippen LogP contribution is -2.42. The van der Waals surface area contributed by atoms with E-state index < -0.39 is 0 Å². The van der Waals surface area contributed by atoms with Gasteiger partial charge in [-0.2, -0.15) is 0 Å². The molecule has 3 heterocycles. The first-order chi connectivity index (χ1) is 16.2. The van der Waals surface area contributed by atoms with Gasteiger partial charge in [-0.15, -0.1) is 10.2 Å². The summed E-state index contributed by atoms with van der Waals surface area (Å²) in [7, 11) is 0. The smallest absolute Gasteiger partial charge is 0.233 e. The van der Waals surface area contributed by atoms with Crippen LogP contribution in [0.25, 0.3) is 17.1 Å². The number of ether oxygens (including phenoxy) is 2. The summed E-state index contributed by atoms with van der Waals surface area (Å²) in [4.78, 5) is 14.8. The standard InChI is InChI=1S/C24H25FN4O3S/c25-20-9-5-4-8-19(20)22-26-27-24(29(22)18-6-2-1-3-7-18)33-16-21(30)28-12-10-17(11-13-28)23-31-14-15-32-23/h1-9,17,23H,10-16H2. The zero-order valence-electron chi connectivity index (χ0n) is 18.1. The minimum atomic E-state index is -0.368. The van der Waals surface area contributed by atoms with Crippen molar-refractivity contribution in [1.29, 1.82) is 0 Å². The number of likely N-dealkylation sites (tertiary alicyclic amines) is 1. The Morgan fingerprint density at radius 3 is 2.42 bits per heavy atom. The summed E-state index contributed by atoms with van der Waals surface area (Å²) >= 11 is 1.32. The third-order valence-electron chi connectivity index (χ3n) is 6.01. The van der Waals surface area contributed by atoms with Crippen LogP contribution in [0.15, 0.2) is 59.8 Å². The highest BCUT2D eigenvalue weighted by Gasteiger charge is 2.32. The zero-order chi connectivity index (χ0) is 22.6. The molecule has 1 amide bonds. The second kappa shape index (κ2) is 10.0. The Kier molecular flexibility index (Phi) is 6.70. The van der Waals surface area contributed by atoms with Gasteiger partial charge in [-0.25, -0.2) is 4.39 Å². The topological polar surface area (TPSA) is 69.5 Å². The summed E-state index contributed by atoms with van der Waals surface area (Å²) in [5.41, 5.74) is 1.18. The number of hydrogen-bond acceptors (Lipinski definition) is 6. The van der Waals surface area contributed by atoms with Gasteiger partial charge in [0, 0.05) is 24.7 Å². The number of thioether (sulfide) groups is 1. The van der Waals surface area contributed by atoms with Crippen molar-refractivity contribution in [3.63, 3.8) is 0 Å². The Morgan fingerprint density at radius 2 is 1.70 bits per heavy atom. The molecule has 2 saturated heterocycles. The van der Waals surface area contributed by atoms with Crippen LogP contribution in [0.4, 0.5) is 4.39 Å². The molecule has 2 aliphatic heterocycles. The summed E-state index contributed by atoms with van der Waals surface area (Å²) in [5.74, 6) is 0.679. The van der Waals surface area contributed by atoms with E-state index in [4.69, 9.17) is 9.47 Å². The highest BCUT2D eigenvalue weighted by molar-refractivity contribution is 7.99. The first kappa shape index (κ1) is 22.1. The van der Waals surface area contributed by atoms with Crippen LogP contribution in [0.5, 0.6) is 0 Å². The van der Waals surface area contributed by atoms with E-state index in [-0.39, 0.29) is 23.8 Å². The largest absolute Gasteiger partial charge is 0.350 e. The van der Waals surface area contributed by atoms with Gasteiger partial charge >= 0.3 is 0 Å². The molecule has 0 N–H and O–H groups in total. The molecule has 0 unspecified atom stereocenters. The quantitative estimate of drug-likeness (QED) is 0.513.